The number of aromatic nitrogens is 3. The number of rotatable bonds is 5. The van der Waals surface area contributed by atoms with Gasteiger partial charge in [-0.05, 0) is 61.2 Å². The molecule has 0 unspecified atom stereocenters. The van der Waals surface area contributed by atoms with E-state index in [-0.39, 0.29) is 11.4 Å². The molecule has 2 heterocycles. The van der Waals surface area contributed by atoms with Crippen molar-refractivity contribution in [2.24, 2.45) is 5.73 Å². The van der Waals surface area contributed by atoms with Crippen LogP contribution in [0.3, 0.4) is 0 Å². The molecule has 0 fully saturated rings. The first kappa shape index (κ1) is 17.2. The number of carboxylic acid groups (broad SMARTS) is 1. The highest BCUT2D eigenvalue weighted by atomic mass is 16.4. The quantitative estimate of drug-likeness (QED) is 0.641. The summed E-state index contributed by atoms with van der Waals surface area (Å²) in [7, 11) is 0. The van der Waals surface area contributed by atoms with E-state index >= 15 is 0 Å². The van der Waals surface area contributed by atoms with Gasteiger partial charge in [-0.1, -0.05) is 0 Å². The van der Waals surface area contributed by atoms with Gasteiger partial charge in [-0.15, -0.1) is 0 Å². The van der Waals surface area contributed by atoms with Crippen molar-refractivity contribution < 1.29 is 15.0 Å². The van der Waals surface area contributed by atoms with Crippen LogP contribution >= 0.6 is 0 Å². The Balaban J connectivity index is 1.88. The number of nitrogens with zero attached hydrogens (tertiary/aromatic N) is 3. The largest absolute Gasteiger partial charge is 0.507 e. The van der Waals surface area contributed by atoms with Crippen LogP contribution in [-0.2, 0) is 19.4 Å². The number of carbonyl (C=O) groups is 1. The van der Waals surface area contributed by atoms with Crippen LogP contribution in [0.1, 0.15) is 28.0 Å². The molecule has 27 heavy (non-hydrogen) atoms. The number of benzene rings is 1. The van der Waals surface area contributed by atoms with Crippen LogP contribution in [0.5, 0.6) is 5.75 Å². The zero-order valence-electron chi connectivity index (χ0n) is 14.7. The van der Waals surface area contributed by atoms with Gasteiger partial charge in [-0.3, -0.25) is 9.67 Å². The molecule has 0 bridgehead atoms. The summed E-state index contributed by atoms with van der Waals surface area (Å²) in [6.07, 6.45) is 5.25. The maximum atomic E-state index is 11.8. The molecule has 0 radical (unpaired) electrons. The minimum absolute atomic E-state index is 0.199. The standard InChI is InChI=1S/C20H20N4O3/c21-6-1-9-24-19(20(26)27)14-3-2-13-10-17(25)15(11-16(13)18(14)23-24)12-4-7-22-8-5-12/h4-5,7-8,10-11,25H,1-3,6,9,21H2,(H,26,27). The van der Waals surface area contributed by atoms with Crippen molar-refractivity contribution in [3.05, 3.63) is 53.5 Å². The van der Waals surface area contributed by atoms with Crippen LogP contribution in [0.15, 0.2) is 36.7 Å². The number of fused-ring (bicyclic) bond motifs is 3. The number of hydrogen-bond donors (Lipinski definition) is 3. The van der Waals surface area contributed by atoms with E-state index in [1.807, 2.05) is 18.2 Å². The van der Waals surface area contributed by atoms with E-state index in [9.17, 15) is 15.0 Å². The summed E-state index contributed by atoms with van der Waals surface area (Å²) in [6, 6.07) is 7.30. The summed E-state index contributed by atoms with van der Waals surface area (Å²) in [6.45, 7) is 0.940. The molecular formula is C20H20N4O3. The summed E-state index contributed by atoms with van der Waals surface area (Å²) in [5.41, 5.74) is 10.6. The second-order valence-corrected chi connectivity index (χ2v) is 6.61. The zero-order valence-corrected chi connectivity index (χ0v) is 14.7. The molecular weight excluding hydrogens is 344 g/mol. The second-order valence-electron chi connectivity index (χ2n) is 6.61. The molecule has 7 heteroatoms. The van der Waals surface area contributed by atoms with Crippen molar-refractivity contribution >= 4 is 5.97 Å². The van der Waals surface area contributed by atoms with E-state index in [0.29, 0.717) is 43.6 Å². The fraction of sp³-hybridized carbons (Fsp3) is 0.250. The van der Waals surface area contributed by atoms with Gasteiger partial charge in [0.15, 0.2) is 0 Å². The number of aromatic carboxylic acids is 1. The molecule has 0 amide bonds. The van der Waals surface area contributed by atoms with E-state index in [1.54, 1.807) is 23.1 Å². The fourth-order valence-electron chi connectivity index (χ4n) is 3.68. The molecule has 0 saturated carbocycles. The third-order valence-corrected chi connectivity index (χ3v) is 4.94. The Morgan fingerprint density at radius 3 is 2.67 bits per heavy atom. The number of aryl methyl sites for hydroxylation is 2. The van der Waals surface area contributed by atoms with Gasteiger partial charge in [0.25, 0.3) is 0 Å². The molecule has 3 aromatic rings. The molecule has 7 nitrogen and oxygen atoms in total. The average molecular weight is 364 g/mol. The van der Waals surface area contributed by atoms with Crippen molar-refractivity contribution in [1.29, 1.82) is 0 Å². The summed E-state index contributed by atoms with van der Waals surface area (Å²) in [5.74, 6) is -0.776. The maximum Gasteiger partial charge on any atom is 0.354 e. The summed E-state index contributed by atoms with van der Waals surface area (Å²) in [4.78, 5) is 15.8. The third kappa shape index (κ3) is 2.96. The Morgan fingerprint density at radius 1 is 1.19 bits per heavy atom. The molecule has 1 aliphatic rings. The highest BCUT2D eigenvalue weighted by Gasteiger charge is 2.29. The Bertz CT molecular complexity index is 1010. The molecule has 4 rings (SSSR count). The Labute approximate surface area is 156 Å². The van der Waals surface area contributed by atoms with Crippen molar-refractivity contribution in [1.82, 2.24) is 14.8 Å². The Morgan fingerprint density at radius 2 is 1.96 bits per heavy atom. The maximum absolute atomic E-state index is 11.8. The van der Waals surface area contributed by atoms with Gasteiger partial charge in [-0.25, -0.2) is 4.79 Å². The number of pyridine rings is 1. The lowest BCUT2D eigenvalue weighted by molar-refractivity contribution is 0.0681. The summed E-state index contributed by atoms with van der Waals surface area (Å²) in [5, 5.41) is 24.8. The van der Waals surface area contributed by atoms with E-state index in [4.69, 9.17) is 5.73 Å². The van der Waals surface area contributed by atoms with Crippen LogP contribution in [0, 0.1) is 0 Å². The van der Waals surface area contributed by atoms with Gasteiger partial charge in [0.05, 0.1) is 5.69 Å². The molecule has 1 aliphatic carbocycles. The molecule has 4 N–H and O–H groups in total. The van der Waals surface area contributed by atoms with Crippen LogP contribution in [0.4, 0.5) is 0 Å². The fourth-order valence-corrected chi connectivity index (χ4v) is 3.68. The van der Waals surface area contributed by atoms with Crippen molar-refractivity contribution in [2.75, 3.05) is 6.54 Å². The zero-order chi connectivity index (χ0) is 19.0. The minimum atomic E-state index is -0.975. The number of hydrogen-bond acceptors (Lipinski definition) is 5. The van der Waals surface area contributed by atoms with Crippen molar-refractivity contribution in [3.8, 4) is 28.1 Å². The molecule has 0 atom stereocenters. The number of aromatic hydroxyl groups is 1. The second kappa shape index (κ2) is 6.85. The molecule has 138 valence electrons. The number of carboxylic acids is 1. The predicted molar refractivity (Wildman–Crippen MR) is 101 cm³/mol. The molecule has 0 aliphatic heterocycles. The number of phenolic OH excluding ortho intramolecular Hbond substituents is 1. The Kier molecular flexibility index (Phi) is 4.37. The first-order valence-electron chi connectivity index (χ1n) is 8.90. The van der Waals surface area contributed by atoms with Crippen LogP contribution in [-0.4, -0.2) is 37.5 Å². The van der Waals surface area contributed by atoms with E-state index in [1.165, 1.54) is 0 Å². The molecule has 1 aromatic carbocycles. The lowest BCUT2D eigenvalue weighted by atomic mass is 9.86. The smallest absolute Gasteiger partial charge is 0.354 e. The number of nitrogens with two attached hydrogens (primary N) is 1. The summed E-state index contributed by atoms with van der Waals surface area (Å²) >= 11 is 0. The van der Waals surface area contributed by atoms with Gasteiger partial charge in [-0.2, -0.15) is 5.10 Å². The highest BCUT2D eigenvalue weighted by Crippen LogP contribution is 2.41. The summed E-state index contributed by atoms with van der Waals surface area (Å²) < 4.78 is 1.55. The molecule has 0 spiro atoms. The van der Waals surface area contributed by atoms with E-state index in [0.717, 1.165) is 22.3 Å². The van der Waals surface area contributed by atoms with E-state index < -0.39 is 5.97 Å². The van der Waals surface area contributed by atoms with Gasteiger partial charge in [0.1, 0.15) is 11.4 Å². The Hall–Kier alpha value is -3.19. The third-order valence-electron chi connectivity index (χ3n) is 4.94. The molecule has 0 saturated heterocycles. The minimum Gasteiger partial charge on any atom is -0.507 e. The van der Waals surface area contributed by atoms with Crippen LogP contribution < -0.4 is 5.73 Å². The first-order chi connectivity index (χ1) is 13.1. The number of phenols is 1. The predicted octanol–water partition coefficient (Wildman–Crippen LogP) is 2.46. The lowest BCUT2D eigenvalue weighted by Crippen LogP contribution is -2.14. The average Bonchev–Trinajstić information content (AvgIpc) is 3.05. The van der Waals surface area contributed by atoms with Crippen LogP contribution in [0.2, 0.25) is 0 Å². The normalized spacial score (nSPS) is 12.5. The van der Waals surface area contributed by atoms with Gasteiger partial charge >= 0.3 is 5.97 Å². The van der Waals surface area contributed by atoms with E-state index in [2.05, 4.69) is 10.1 Å². The lowest BCUT2D eigenvalue weighted by Gasteiger charge is -2.18. The first-order valence-corrected chi connectivity index (χ1v) is 8.90. The van der Waals surface area contributed by atoms with Crippen LogP contribution in [0.25, 0.3) is 22.4 Å². The van der Waals surface area contributed by atoms with Crippen molar-refractivity contribution in [2.45, 2.75) is 25.8 Å². The van der Waals surface area contributed by atoms with Gasteiger partial charge < -0.3 is 15.9 Å². The topological polar surface area (TPSA) is 114 Å². The van der Waals surface area contributed by atoms with Gasteiger partial charge in [0, 0.05) is 35.6 Å². The SMILES string of the molecule is NCCCn1nc2c(c1C(=O)O)CCc1cc(O)c(-c3ccncc3)cc1-2. The monoisotopic (exact) mass is 364 g/mol. The molecule has 2 aromatic heterocycles. The van der Waals surface area contributed by atoms with Crippen molar-refractivity contribution in [3.63, 3.8) is 0 Å². The highest BCUT2D eigenvalue weighted by molar-refractivity contribution is 5.91. The van der Waals surface area contributed by atoms with Gasteiger partial charge in [0.2, 0.25) is 0 Å².